The summed E-state index contributed by atoms with van der Waals surface area (Å²) in [4.78, 5) is 28.7. The van der Waals surface area contributed by atoms with Crippen LogP contribution in [-0.2, 0) is 6.54 Å². The van der Waals surface area contributed by atoms with Crippen molar-refractivity contribution in [2.45, 2.75) is 51.6 Å². The normalized spacial score (nSPS) is 19.7. The van der Waals surface area contributed by atoms with Gasteiger partial charge in [-0.1, -0.05) is 37.6 Å². The molecule has 0 radical (unpaired) electrons. The fourth-order valence-corrected chi connectivity index (χ4v) is 3.68. The smallest absolute Gasteiger partial charge is 0.318 e. The second kappa shape index (κ2) is 8.88. The summed E-state index contributed by atoms with van der Waals surface area (Å²) in [6, 6.07) is 7.80. The maximum absolute atomic E-state index is 12.5. The second-order valence-electron chi connectivity index (χ2n) is 7.15. The van der Waals surface area contributed by atoms with Crippen LogP contribution in [0.3, 0.4) is 0 Å². The molecule has 1 fully saturated rings. The van der Waals surface area contributed by atoms with Gasteiger partial charge in [-0.15, -0.1) is 0 Å². The molecule has 1 N–H and O–H groups in total. The molecule has 140 valence electrons. The SMILES string of the molecule is CCC[C@H]1C=CCN1C(=O)NCc1ccc(C(=O)N2CCCCC2)cc1. The van der Waals surface area contributed by atoms with Crippen LogP contribution in [-0.4, -0.2) is 47.4 Å². The summed E-state index contributed by atoms with van der Waals surface area (Å²) in [5.74, 6) is 0.117. The molecule has 0 saturated carbocycles. The largest absolute Gasteiger partial charge is 0.339 e. The summed E-state index contributed by atoms with van der Waals surface area (Å²) in [5.41, 5.74) is 1.74. The van der Waals surface area contributed by atoms with E-state index in [2.05, 4.69) is 24.4 Å². The molecule has 0 aromatic heterocycles. The van der Waals surface area contributed by atoms with E-state index in [4.69, 9.17) is 0 Å². The Hall–Kier alpha value is -2.30. The van der Waals surface area contributed by atoms with E-state index in [-0.39, 0.29) is 18.0 Å². The molecule has 5 heteroatoms. The van der Waals surface area contributed by atoms with Gasteiger partial charge in [-0.3, -0.25) is 4.79 Å². The summed E-state index contributed by atoms with van der Waals surface area (Å²) in [7, 11) is 0. The molecule has 0 bridgehead atoms. The summed E-state index contributed by atoms with van der Waals surface area (Å²) >= 11 is 0. The number of carbonyl (C=O) groups excluding carboxylic acids is 2. The molecule has 1 aromatic rings. The number of benzene rings is 1. The van der Waals surface area contributed by atoms with Gasteiger partial charge in [-0.05, 0) is 43.4 Å². The van der Waals surface area contributed by atoms with Gasteiger partial charge in [0.15, 0.2) is 0 Å². The first-order valence-corrected chi connectivity index (χ1v) is 9.78. The second-order valence-corrected chi connectivity index (χ2v) is 7.15. The highest BCUT2D eigenvalue weighted by Gasteiger charge is 2.23. The van der Waals surface area contributed by atoms with Crippen molar-refractivity contribution in [3.8, 4) is 0 Å². The number of hydrogen-bond donors (Lipinski definition) is 1. The Morgan fingerprint density at radius 3 is 2.54 bits per heavy atom. The third kappa shape index (κ3) is 4.45. The molecule has 2 aliphatic heterocycles. The minimum absolute atomic E-state index is 0.0260. The Bertz CT molecular complexity index is 648. The van der Waals surface area contributed by atoms with Gasteiger partial charge in [0, 0.05) is 31.7 Å². The minimum atomic E-state index is -0.0260. The Balaban J connectivity index is 1.51. The highest BCUT2D eigenvalue weighted by Crippen LogP contribution is 2.16. The Kier molecular flexibility index (Phi) is 6.31. The van der Waals surface area contributed by atoms with Crippen LogP contribution in [0.1, 0.15) is 54.9 Å². The van der Waals surface area contributed by atoms with E-state index in [9.17, 15) is 9.59 Å². The first-order valence-electron chi connectivity index (χ1n) is 9.78. The molecule has 2 heterocycles. The zero-order valence-corrected chi connectivity index (χ0v) is 15.6. The Morgan fingerprint density at radius 2 is 1.85 bits per heavy atom. The predicted molar refractivity (Wildman–Crippen MR) is 103 cm³/mol. The molecular formula is C21H29N3O2. The van der Waals surface area contributed by atoms with Gasteiger partial charge in [0.1, 0.15) is 0 Å². The van der Waals surface area contributed by atoms with Crippen molar-refractivity contribution in [3.05, 3.63) is 47.5 Å². The lowest BCUT2D eigenvalue weighted by Gasteiger charge is -2.26. The van der Waals surface area contributed by atoms with Crippen LogP contribution in [0.15, 0.2) is 36.4 Å². The van der Waals surface area contributed by atoms with E-state index in [0.717, 1.165) is 49.9 Å². The maximum Gasteiger partial charge on any atom is 0.318 e. The third-order valence-corrected chi connectivity index (χ3v) is 5.19. The van der Waals surface area contributed by atoms with Gasteiger partial charge < -0.3 is 15.1 Å². The number of urea groups is 1. The molecule has 3 amide bonds. The summed E-state index contributed by atoms with van der Waals surface area (Å²) in [5, 5.41) is 2.99. The lowest BCUT2D eigenvalue weighted by atomic mass is 10.1. The third-order valence-electron chi connectivity index (χ3n) is 5.19. The molecule has 2 aliphatic rings. The molecular weight excluding hydrogens is 326 g/mol. The monoisotopic (exact) mass is 355 g/mol. The first kappa shape index (κ1) is 18.5. The van der Waals surface area contributed by atoms with E-state index >= 15 is 0 Å². The number of nitrogens with one attached hydrogen (secondary N) is 1. The number of amides is 3. The van der Waals surface area contributed by atoms with Crippen LogP contribution in [0.25, 0.3) is 0 Å². The van der Waals surface area contributed by atoms with Crippen LogP contribution in [0, 0.1) is 0 Å². The van der Waals surface area contributed by atoms with Crippen molar-refractivity contribution in [1.29, 1.82) is 0 Å². The fourth-order valence-electron chi connectivity index (χ4n) is 3.68. The first-order chi connectivity index (χ1) is 12.7. The fraction of sp³-hybridized carbons (Fsp3) is 0.524. The standard InChI is InChI=1S/C21H29N3O2/c1-2-7-19-8-6-15-24(19)21(26)22-16-17-9-11-18(12-10-17)20(25)23-13-4-3-5-14-23/h6,8-12,19H,2-5,7,13-16H2,1H3,(H,22,26)/t19-/m0/s1. The number of nitrogens with zero attached hydrogens (tertiary/aromatic N) is 2. The quantitative estimate of drug-likeness (QED) is 0.821. The summed E-state index contributed by atoms with van der Waals surface area (Å²) in [6.45, 7) is 5.01. The van der Waals surface area contributed by atoms with Crippen molar-refractivity contribution in [2.24, 2.45) is 0 Å². The Morgan fingerprint density at radius 1 is 1.12 bits per heavy atom. The molecule has 1 saturated heterocycles. The van der Waals surface area contributed by atoms with E-state index in [0.29, 0.717) is 13.1 Å². The molecule has 26 heavy (non-hydrogen) atoms. The highest BCUT2D eigenvalue weighted by atomic mass is 16.2. The molecule has 0 spiro atoms. The summed E-state index contributed by atoms with van der Waals surface area (Å²) in [6.07, 6.45) is 9.64. The van der Waals surface area contributed by atoms with E-state index in [1.807, 2.05) is 34.1 Å². The van der Waals surface area contributed by atoms with Gasteiger partial charge in [-0.2, -0.15) is 0 Å². The van der Waals surface area contributed by atoms with Crippen molar-refractivity contribution >= 4 is 11.9 Å². The minimum Gasteiger partial charge on any atom is -0.339 e. The van der Waals surface area contributed by atoms with Gasteiger partial charge in [0.05, 0.1) is 6.04 Å². The lowest BCUT2D eigenvalue weighted by Crippen LogP contribution is -2.42. The van der Waals surface area contributed by atoms with Crippen molar-refractivity contribution < 1.29 is 9.59 Å². The van der Waals surface area contributed by atoms with Crippen molar-refractivity contribution in [2.75, 3.05) is 19.6 Å². The molecule has 1 aromatic carbocycles. The molecule has 5 nitrogen and oxygen atoms in total. The average Bonchev–Trinajstić information content (AvgIpc) is 3.15. The molecule has 3 rings (SSSR count). The predicted octanol–water partition coefficient (Wildman–Crippen LogP) is 3.56. The Labute approximate surface area is 156 Å². The van der Waals surface area contributed by atoms with E-state index in [1.54, 1.807) is 0 Å². The number of piperidine rings is 1. The number of rotatable bonds is 5. The maximum atomic E-state index is 12.5. The van der Waals surface area contributed by atoms with Gasteiger partial charge in [0.25, 0.3) is 5.91 Å². The van der Waals surface area contributed by atoms with Crippen LogP contribution < -0.4 is 5.32 Å². The van der Waals surface area contributed by atoms with Gasteiger partial charge in [-0.25, -0.2) is 4.79 Å². The van der Waals surface area contributed by atoms with Crippen LogP contribution in [0.5, 0.6) is 0 Å². The molecule has 0 aliphatic carbocycles. The van der Waals surface area contributed by atoms with Crippen LogP contribution in [0.2, 0.25) is 0 Å². The van der Waals surface area contributed by atoms with Gasteiger partial charge in [0.2, 0.25) is 0 Å². The number of carbonyl (C=O) groups is 2. The van der Waals surface area contributed by atoms with E-state index in [1.165, 1.54) is 6.42 Å². The zero-order chi connectivity index (χ0) is 18.4. The molecule has 0 unspecified atom stereocenters. The lowest BCUT2D eigenvalue weighted by molar-refractivity contribution is 0.0724. The zero-order valence-electron chi connectivity index (χ0n) is 15.6. The molecule has 1 atom stereocenters. The topological polar surface area (TPSA) is 52.7 Å². The number of hydrogen-bond acceptors (Lipinski definition) is 2. The van der Waals surface area contributed by atoms with Crippen molar-refractivity contribution in [3.63, 3.8) is 0 Å². The number of likely N-dealkylation sites (tertiary alicyclic amines) is 1. The van der Waals surface area contributed by atoms with Gasteiger partial charge >= 0.3 is 6.03 Å². The van der Waals surface area contributed by atoms with Crippen LogP contribution >= 0.6 is 0 Å². The van der Waals surface area contributed by atoms with E-state index < -0.39 is 0 Å². The van der Waals surface area contributed by atoms with Crippen LogP contribution in [0.4, 0.5) is 4.79 Å². The highest BCUT2D eigenvalue weighted by molar-refractivity contribution is 5.94. The summed E-state index contributed by atoms with van der Waals surface area (Å²) < 4.78 is 0. The van der Waals surface area contributed by atoms with Crippen molar-refractivity contribution in [1.82, 2.24) is 15.1 Å². The average molecular weight is 355 g/mol.